The van der Waals surface area contributed by atoms with Crippen molar-refractivity contribution in [3.05, 3.63) is 14.1 Å². The highest BCUT2D eigenvalue weighted by Crippen LogP contribution is 2.12. The maximum Gasteiger partial charge on any atom is 0.112 e. The zero-order valence-electron chi connectivity index (χ0n) is 5.22. The van der Waals surface area contributed by atoms with E-state index in [0.717, 1.165) is 10.1 Å². The monoisotopic (exact) mass is 253 g/mol. The molecule has 0 atom stereocenters. The first-order valence-corrected chi connectivity index (χ1v) is 4.88. The zero-order valence-corrected chi connectivity index (χ0v) is 8.20. The van der Waals surface area contributed by atoms with E-state index in [2.05, 4.69) is 39.9 Å². The Morgan fingerprint density at radius 3 is 3.00 bits per heavy atom. The Morgan fingerprint density at radius 2 is 2.56 bits per heavy atom. The van der Waals surface area contributed by atoms with Crippen LogP contribution >= 0.6 is 33.9 Å². The molecule has 1 aromatic rings. The molecule has 1 nitrogen and oxygen atoms in total. The van der Waals surface area contributed by atoms with Crippen LogP contribution in [0.3, 0.4) is 0 Å². The molecule has 0 aromatic carbocycles. The molecular weight excluding hydrogens is 245 g/mol. The average Bonchev–Trinajstić information content (AvgIpc) is 2.17. The fourth-order valence-electron chi connectivity index (χ4n) is 0.617. The highest BCUT2D eigenvalue weighted by Gasteiger charge is 1.95. The molecule has 0 bridgehead atoms. The third-order valence-corrected chi connectivity index (χ3v) is 2.87. The van der Waals surface area contributed by atoms with Crippen LogP contribution in [-0.4, -0.2) is 4.98 Å². The van der Waals surface area contributed by atoms with Gasteiger partial charge in [-0.25, -0.2) is 4.98 Å². The highest BCUT2D eigenvalue weighted by atomic mass is 127. The van der Waals surface area contributed by atoms with Crippen molar-refractivity contribution in [2.24, 2.45) is 0 Å². The van der Waals surface area contributed by atoms with Gasteiger partial charge in [-0.05, 0) is 35.4 Å². The zero-order chi connectivity index (χ0) is 6.69. The summed E-state index contributed by atoms with van der Waals surface area (Å²) in [5, 5.41) is 3.35. The first kappa shape index (κ1) is 7.47. The Bertz CT molecular complexity index is 185. The molecule has 1 rings (SSSR count). The van der Waals surface area contributed by atoms with Gasteiger partial charge in [0.05, 0.1) is 5.01 Å². The minimum Gasteiger partial charge on any atom is -0.235 e. The van der Waals surface area contributed by atoms with Crippen LogP contribution in [0.25, 0.3) is 0 Å². The predicted molar refractivity (Wildman–Crippen MR) is 48.8 cm³/mol. The van der Waals surface area contributed by atoms with Gasteiger partial charge in [0.25, 0.3) is 0 Å². The quantitative estimate of drug-likeness (QED) is 0.738. The second-order valence-electron chi connectivity index (χ2n) is 1.81. The SMILES string of the molecule is CCCc1nc(I)cs1. The molecule has 0 unspecified atom stereocenters. The van der Waals surface area contributed by atoms with Crippen LogP contribution < -0.4 is 0 Å². The van der Waals surface area contributed by atoms with Crippen molar-refractivity contribution in [2.45, 2.75) is 19.8 Å². The van der Waals surface area contributed by atoms with Gasteiger partial charge in [0, 0.05) is 5.38 Å². The van der Waals surface area contributed by atoms with Gasteiger partial charge >= 0.3 is 0 Å². The number of aromatic nitrogens is 1. The van der Waals surface area contributed by atoms with Crippen molar-refractivity contribution in [1.82, 2.24) is 4.98 Å². The number of rotatable bonds is 2. The van der Waals surface area contributed by atoms with Gasteiger partial charge in [-0.1, -0.05) is 6.92 Å². The molecular formula is C6H8INS. The Balaban J connectivity index is 2.61. The molecule has 0 amide bonds. The summed E-state index contributed by atoms with van der Waals surface area (Å²) >= 11 is 4.00. The second kappa shape index (κ2) is 3.51. The molecule has 0 aliphatic heterocycles. The molecule has 9 heavy (non-hydrogen) atoms. The Labute approximate surface area is 72.6 Å². The third kappa shape index (κ3) is 2.21. The van der Waals surface area contributed by atoms with Crippen molar-refractivity contribution in [3.63, 3.8) is 0 Å². The third-order valence-electron chi connectivity index (χ3n) is 0.988. The lowest BCUT2D eigenvalue weighted by atomic mass is 10.4. The first-order valence-electron chi connectivity index (χ1n) is 2.93. The normalized spacial score (nSPS) is 10.0. The van der Waals surface area contributed by atoms with Crippen molar-refractivity contribution in [2.75, 3.05) is 0 Å². The van der Waals surface area contributed by atoms with E-state index in [-0.39, 0.29) is 0 Å². The minimum atomic E-state index is 1.13. The standard InChI is InChI=1S/C6H8INS/c1-2-3-6-8-5(7)4-9-6/h4H,2-3H2,1H3. The van der Waals surface area contributed by atoms with Gasteiger partial charge in [0.2, 0.25) is 0 Å². The lowest BCUT2D eigenvalue weighted by molar-refractivity contribution is 0.905. The molecule has 1 heterocycles. The largest absolute Gasteiger partial charge is 0.235 e. The van der Waals surface area contributed by atoms with E-state index in [9.17, 15) is 0 Å². The lowest BCUT2D eigenvalue weighted by Gasteiger charge is -1.85. The van der Waals surface area contributed by atoms with E-state index in [0.29, 0.717) is 0 Å². The maximum absolute atomic E-state index is 4.31. The molecule has 0 saturated carbocycles. The molecule has 0 spiro atoms. The fraction of sp³-hybridized carbons (Fsp3) is 0.500. The van der Waals surface area contributed by atoms with Gasteiger partial charge in [-0.3, -0.25) is 0 Å². The molecule has 0 fully saturated rings. The lowest BCUT2D eigenvalue weighted by Crippen LogP contribution is -1.79. The van der Waals surface area contributed by atoms with Gasteiger partial charge in [0.1, 0.15) is 3.70 Å². The maximum atomic E-state index is 4.31. The summed E-state index contributed by atoms with van der Waals surface area (Å²) in [6, 6.07) is 0. The summed E-state index contributed by atoms with van der Waals surface area (Å²) in [4.78, 5) is 4.31. The molecule has 0 saturated heterocycles. The van der Waals surface area contributed by atoms with E-state index in [4.69, 9.17) is 0 Å². The number of hydrogen-bond donors (Lipinski definition) is 0. The molecule has 50 valence electrons. The molecule has 3 heteroatoms. The Hall–Kier alpha value is 0.360. The first-order chi connectivity index (χ1) is 4.33. The van der Waals surface area contributed by atoms with Gasteiger partial charge in [-0.15, -0.1) is 11.3 Å². The Morgan fingerprint density at radius 1 is 1.78 bits per heavy atom. The van der Waals surface area contributed by atoms with Crippen molar-refractivity contribution >= 4 is 33.9 Å². The molecule has 0 aliphatic rings. The van der Waals surface area contributed by atoms with Crippen molar-refractivity contribution in [1.29, 1.82) is 0 Å². The number of thiazole rings is 1. The van der Waals surface area contributed by atoms with E-state index < -0.39 is 0 Å². The second-order valence-corrected chi connectivity index (χ2v) is 3.86. The predicted octanol–water partition coefficient (Wildman–Crippen LogP) is 2.70. The topological polar surface area (TPSA) is 12.9 Å². The number of halogens is 1. The summed E-state index contributed by atoms with van der Waals surface area (Å²) in [7, 11) is 0. The van der Waals surface area contributed by atoms with E-state index in [1.807, 2.05) is 0 Å². The van der Waals surface area contributed by atoms with Crippen molar-refractivity contribution in [3.8, 4) is 0 Å². The molecule has 0 aliphatic carbocycles. The van der Waals surface area contributed by atoms with Gasteiger partial charge in [0.15, 0.2) is 0 Å². The highest BCUT2D eigenvalue weighted by molar-refractivity contribution is 14.1. The smallest absolute Gasteiger partial charge is 0.112 e. The summed E-state index contributed by atoms with van der Waals surface area (Å²) in [6.45, 7) is 2.17. The van der Waals surface area contributed by atoms with E-state index >= 15 is 0 Å². The van der Waals surface area contributed by atoms with Crippen LogP contribution in [0.2, 0.25) is 0 Å². The summed E-state index contributed by atoms with van der Waals surface area (Å²) in [6.07, 6.45) is 2.33. The molecule has 0 radical (unpaired) electrons. The number of nitrogens with zero attached hydrogens (tertiary/aromatic N) is 1. The van der Waals surface area contributed by atoms with Crippen LogP contribution in [0.5, 0.6) is 0 Å². The number of aryl methyl sites for hydroxylation is 1. The summed E-state index contributed by atoms with van der Waals surface area (Å²) in [5.41, 5.74) is 0. The van der Waals surface area contributed by atoms with Gasteiger partial charge < -0.3 is 0 Å². The average molecular weight is 253 g/mol. The minimum absolute atomic E-state index is 1.13. The van der Waals surface area contributed by atoms with Crippen LogP contribution in [0.1, 0.15) is 18.4 Å². The molecule has 1 aromatic heterocycles. The fourth-order valence-corrected chi connectivity index (χ4v) is 2.21. The summed E-state index contributed by atoms with van der Waals surface area (Å²) < 4.78 is 1.13. The summed E-state index contributed by atoms with van der Waals surface area (Å²) in [5.74, 6) is 0. The molecule has 0 N–H and O–H groups in total. The van der Waals surface area contributed by atoms with Crippen molar-refractivity contribution < 1.29 is 0 Å². The van der Waals surface area contributed by atoms with Crippen LogP contribution in [0.15, 0.2) is 5.38 Å². The van der Waals surface area contributed by atoms with Gasteiger partial charge in [-0.2, -0.15) is 0 Å². The van der Waals surface area contributed by atoms with Crippen LogP contribution in [-0.2, 0) is 6.42 Å². The van der Waals surface area contributed by atoms with Crippen LogP contribution in [0.4, 0.5) is 0 Å². The van der Waals surface area contributed by atoms with E-state index in [1.54, 1.807) is 11.3 Å². The van der Waals surface area contributed by atoms with E-state index in [1.165, 1.54) is 11.4 Å². The Kier molecular flexibility index (Phi) is 2.91. The number of hydrogen-bond acceptors (Lipinski definition) is 2. The van der Waals surface area contributed by atoms with Crippen LogP contribution in [0, 0.1) is 3.70 Å².